The average molecular weight is 402 g/mol. The molecular formula is C21H27N3O3S. The van der Waals surface area contributed by atoms with Crippen LogP contribution < -0.4 is 10.6 Å². The number of carbonyl (C=O) groups is 2. The molecule has 2 amide bonds. The van der Waals surface area contributed by atoms with Crippen LogP contribution in [-0.2, 0) is 16.1 Å². The van der Waals surface area contributed by atoms with Crippen molar-refractivity contribution in [3.05, 3.63) is 52.5 Å². The van der Waals surface area contributed by atoms with Crippen molar-refractivity contribution in [2.75, 3.05) is 6.61 Å². The van der Waals surface area contributed by atoms with Crippen LogP contribution in [0.1, 0.15) is 48.7 Å². The van der Waals surface area contributed by atoms with Gasteiger partial charge in [0.1, 0.15) is 0 Å². The highest BCUT2D eigenvalue weighted by atomic mass is 32.1. The van der Waals surface area contributed by atoms with Crippen molar-refractivity contribution in [2.45, 2.75) is 51.3 Å². The van der Waals surface area contributed by atoms with Gasteiger partial charge >= 0.3 is 0 Å². The summed E-state index contributed by atoms with van der Waals surface area (Å²) in [7, 11) is 0. The van der Waals surface area contributed by atoms with Crippen molar-refractivity contribution in [3.63, 3.8) is 0 Å². The zero-order valence-electron chi connectivity index (χ0n) is 16.1. The predicted molar refractivity (Wildman–Crippen MR) is 109 cm³/mol. The summed E-state index contributed by atoms with van der Waals surface area (Å²) in [6.07, 6.45) is 2.81. The van der Waals surface area contributed by atoms with Gasteiger partial charge in [0.25, 0.3) is 5.91 Å². The molecule has 1 aromatic carbocycles. The maximum absolute atomic E-state index is 12.6. The number of benzene rings is 1. The topological polar surface area (TPSA) is 80.3 Å². The Morgan fingerprint density at radius 3 is 2.79 bits per heavy atom. The standard InChI is InChI=1S/C21H27N3O3S/c1-2-10-27-19-11-16(20(25)22-12-17-13-28-14-23-17)8-9-18(19)24-21(26)15-6-4-3-5-7-15/h3-7,13-14,16,18-19H,2,8-12H2,1H3,(H,22,25)(H,24,26)/t16-,18+,19+/m0/s1. The first kappa shape index (κ1) is 20.5. The molecule has 1 fully saturated rings. The van der Waals surface area contributed by atoms with E-state index in [4.69, 9.17) is 4.74 Å². The highest BCUT2D eigenvalue weighted by Gasteiger charge is 2.35. The Morgan fingerprint density at radius 1 is 1.25 bits per heavy atom. The molecule has 0 spiro atoms. The molecule has 0 bridgehead atoms. The SMILES string of the molecule is CCCO[C@@H]1C[C@@H](C(=O)NCc2cscn2)CC[C@H]1NC(=O)c1ccccc1. The molecule has 2 aromatic rings. The lowest BCUT2D eigenvalue weighted by molar-refractivity contribution is -0.128. The maximum Gasteiger partial charge on any atom is 0.251 e. The van der Waals surface area contributed by atoms with Gasteiger partial charge < -0.3 is 15.4 Å². The minimum absolute atomic E-state index is 0.0333. The van der Waals surface area contributed by atoms with Crippen molar-refractivity contribution in [2.24, 2.45) is 5.92 Å². The molecule has 0 radical (unpaired) electrons. The number of aromatic nitrogens is 1. The lowest BCUT2D eigenvalue weighted by Gasteiger charge is -2.36. The Bertz CT molecular complexity index is 752. The van der Waals surface area contributed by atoms with Gasteiger partial charge in [0.05, 0.1) is 29.9 Å². The van der Waals surface area contributed by atoms with Gasteiger partial charge in [0, 0.05) is 23.5 Å². The quantitative estimate of drug-likeness (QED) is 0.712. The van der Waals surface area contributed by atoms with E-state index in [2.05, 4.69) is 22.5 Å². The van der Waals surface area contributed by atoms with Crippen LogP contribution in [0.5, 0.6) is 0 Å². The van der Waals surface area contributed by atoms with Gasteiger partial charge in [-0.15, -0.1) is 11.3 Å². The highest BCUT2D eigenvalue weighted by Crippen LogP contribution is 2.28. The van der Waals surface area contributed by atoms with Gasteiger partial charge in [-0.1, -0.05) is 25.1 Å². The van der Waals surface area contributed by atoms with Gasteiger partial charge in [-0.05, 0) is 37.8 Å². The van der Waals surface area contributed by atoms with Crippen molar-refractivity contribution < 1.29 is 14.3 Å². The van der Waals surface area contributed by atoms with Crippen LogP contribution in [0.15, 0.2) is 41.2 Å². The van der Waals surface area contributed by atoms with E-state index >= 15 is 0 Å². The van der Waals surface area contributed by atoms with Gasteiger partial charge in [0.2, 0.25) is 5.91 Å². The molecular weight excluding hydrogens is 374 g/mol. The Hall–Kier alpha value is -2.25. The van der Waals surface area contributed by atoms with Crippen LogP contribution in [0.25, 0.3) is 0 Å². The number of hydrogen-bond donors (Lipinski definition) is 2. The first-order valence-corrected chi connectivity index (χ1v) is 10.7. The molecule has 3 rings (SSSR count). The lowest BCUT2D eigenvalue weighted by atomic mass is 9.83. The molecule has 150 valence electrons. The van der Waals surface area contributed by atoms with Crippen molar-refractivity contribution in [1.82, 2.24) is 15.6 Å². The third kappa shape index (κ3) is 5.62. The van der Waals surface area contributed by atoms with Crippen molar-refractivity contribution in [1.29, 1.82) is 0 Å². The summed E-state index contributed by atoms with van der Waals surface area (Å²) in [5.74, 6) is -0.168. The zero-order chi connectivity index (χ0) is 19.8. The first-order chi connectivity index (χ1) is 13.7. The molecule has 0 aliphatic heterocycles. The largest absolute Gasteiger partial charge is 0.376 e. The number of rotatable bonds is 8. The summed E-state index contributed by atoms with van der Waals surface area (Å²) in [5, 5.41) is 8.01. The molecule has 1 aliphatic rings. The van der Waals surface area contributed by atoms with Gasteiger partial charge in [-0.3, -0.25) is 9.59 Å². The summed E-state index contributed by atoms with van der Waals surface area (Å²) in [5.41, 5.74) is 3.28. The van der Waals surface area contributed by atoms with Crippen LogP contribution in [0.3, 0.4) is 0 Å². The molecule has 1 aliphatic carbocycles. The Morgan fingerprint density at radius 2 is 2.07 bits per heavy atom. The van der Waals surface area contributed by atoms with Gasteiger partial charge in [-0.25, -0.2) is 4.98 Å². The van der Waals surface area contributed by atoms with Crippen molar-refractivity contribution >= 4 is 23.2 Å². The van der Waals surface area contributed by atoms with E-state index in [0.29, 0.717) is 25.1 Å². The number of nitrogens with zero attached hydrogens (tertiary/aromatic N) is 1. The lowest BCUT2D eigenvalue weighted by Crippen LogP contribution is -2.50. The maximum atomic E-state index is 12.6. The minimum atomic E-state index is -0.156. The average Bonchev–Trinajstić information content (AvgIpc) is 3.25. The third-order valence-corrected chi connectivity index (χ3v) is 5.61. The van der Waals surface area contributed by atoms with E-state index in [-0.39, 0.29) is 29.9 Å². The van der Waals surface area contributed by atoms with E-state index < -0.39 is 0 Å². The molecule has 7 heteroatoms. The van der Waals surface area contributed by atoms with E-state index in [9.17, 15) is 9.59 Å². The predicted octanol–water partition coefficient (Wildman–Crippen LogP) is 3.15. The number of thiazole rings is 1. The van der Waals surface area contributed by atoms with Gasteiger partial charge in [0.15, 0.2) is 0 Å². The Balaban J connectivity index is 1.57. The summed E-state index contributed by atoms with van der Waals surface area (Å²) in [6, 6.07) is 9.11. The molecule has 3 atom stereocenters. The smallest absolute Gasteiger partial charge is 0.251 e. The number of hydrogen-bond acceptors (Lipinski definition) is 5. The molecule has 0 saturated heterocycles. The first-order valence-electron chi connectivity index (χ1n) is 9.79. The Labute approximate surface area is 169 Å². The fourth-order valence-corrected chi connectivity index (χ4v) is 4.03. The second kappa shape index (κ2) is 10.3. The fourth-order valence-electron chi connectivity index (χ4n) is 3.47. The normalized spacial score (nSPS) is 21.8. The molecule has 6 nitrogen and oxygen atoms in total. The Kier molecular flexibility index (Phi) is 7.56. The highest BCUT2D eigenvalue weighted by molar-refractivity contribution is 7.07. The van der Waals surface area contributed by atoms with E-state index in [1.165, 1.54) is 11.3 Å². The molecule has 1 saturated carbocycles. The van der Waals surface area contributed by atoms with Crippen molar-refractivity contribution in [3.8, 4) is 0 Å². The minimum Gasteiger partial charge on any atom is -0.376 e. The number of carbonyl (C=O) groups excluding carboxylic acids is 2. The number of nitrogens with one attached hydrogen (secondary N) is 2. The summed E-state index contributed by atoms with van der Waals surface area (Å²) in [6.45, 7) is 3.13. The molecule has 2 N–H and O–H groups in total. The summed E-state index contributed by atoms with van der Waals surface area (Å²) in [4.78, 5) is 29.3. The number of ether oxygens (including phenoxy) is 1. The molecule has 1 heterocycles. The summed E-state index contributed by atoms with van der Waals surface area (Å²) < 4.78 is 6.01. The van der Waals surface area contributed by atoms with Crippen LogP contribution in [0.4, 0.5) is 0 Å². The molecule has 0 unspecified atom stereocenters. The van der Waals surface area contributed by atoms with Gasteiger partial charge in [-0.2, -0.15) is 0 Å². The zero-order valence-corrected chi connectivity index (χ0v) is 16.9. The third-order valence-electron chi connectivity index (χ3n) is 4.98. The monoisotopic (exact) mass is 401 g/mol. The van der Waals surface area contributed by atoms with Crippen LogP contribution in [0, 0.1) is 5.92 Å². The number of amides is 2. The summed E-state index contributed by atoms with van der Waals surface area (Å²) >= 11 is 1.52. The second-order valence-electron chi connectivity index (χ2n) is 7.06. The van der Waals surface area contributed by atoms with E-state index in [1.54, 1.807) is 17.6 Å². The fraction of sp³-hybridized carbons (Fsp3) is 0.476. The molecule has 28 heavy (non-hydrogen) atoms. The van der Waals surface area contributed by atoms with Crippen LogP contribution in [-0.4, -0.2) is 35.6 Å². The van der Waals surface area contributed by atoms with Crippen LogP contribution >= 0.6 is 11.3 Å². The van der Waals surface area contributed by atoms with E-state index in [0.717, 1.165) is 25.0 Å². The second-order valence-corrected chi connectivity index (χ2v) is 7.78. The van der Waals surface area contributed by atoms with E-state index in [1.807, 2.05) is 23.6 Å². The van der Waals surface area contributed by atoms with Crippen LogP contribution in [0.2, 0.25) is 0 Å². The molecule has 1 aromatic heterocycles.